The molecule has 10 heteroatoms. The summed E-state index contributed by atoms with van der Waals surface area (Å²) in [6, 6.07) is 4.46. The standard InChI is InChI=1S/C19H24Cl2N4O3S/c1-3-25-14(7-8-22-25)13-23(2)19(26)15-11-18(17(21)12-16(15)20)29(27,28)24-9-5-4-6-10-24/h7-8,11-12H,3-6,9-10,13H2,1-2H3. The molecule has 0 bridgehead atoms. The van der Waals surface area contributed by atoms with E-state index in [1.54, 1.807) is 17.9 Å². The van der Waals surface area contributed by atoms with Crippen LogP contribution in [0.25, 0.3) is 0 Å². The monoisotopic (exact) mass is 458 g/mol. The summed E-state index contributed by atoms with van der Waals surface area (Å²) in [7, 11) is -2.16. The minimum atomic E-state index is -3.79. The van der Waals surface area contributed by atoms with E-state index in [2.05, 4.69) is 5.10 Å². The maximum Gasteiger partial charge on any atom is 0.255 e. The third-order valence-corrected chi connectivity index (χ3v) is 7.71. The van der Waals surface area contributed by atoms with Crippen molar-refractivity contribution in [3.8, 4) is 0 Å². The highest BCUT2D eigenvalue weighted by Gasteiger charge is 2.30. The molecule has 1 amide bonds. The number of rotatable bonds is 6. The van der Waals surface area contributed by atoms with Gasteiger partial charge in [-0.05, 0) is 38.0 Å². The number of benzene rings is 1. The first kappa shape index (κ1) is 22.1. The summed E-state index contributed by atoms with van der Waals surface area (Å²) in [5.41, 5.74) is 0.978. The fourth-order valence-electron chi connectivity index (χ4n) is 3.43. The molecule has 0 radical (unpaired) electrons. The van der Waals surface area contributed by atoms with Gasteiger partial charge in [0.15, 0.2) is 0 Å². The van der Waals surface area contributed by atoms with Crippen LogP contribution in [-0.4, -0.2) is 53.4 Å². The van der Waals surface area contributed by atoms with Crippen molar-refractivity contribution in [2.45, 2.75) is 44.2 Å². The highest BCUT2D eigenvalue weighted by molar-refractivity contribution is 7.89. The Balaban J connectivity index is 1.91. The molecule has 0 saturated carbocycles. The largest absolute Gasteiger partial charge is 0.336 e. The summed E-state index contributed by atoms with van der Waals surface area (Å²) >= 11 is 12.5. The molecule has 1 saturated heterocycles. The molecule has 1 aromatic carbocycles. The lowest BCUT2D eigenvalue weighted by Gasteiger charge is -2.26. The molecule has 1 fully saturated rings. The van der Waals surface area contributed by atoms with Crippen LogP contribution in [0.4, 0.5) is 0 Å². The topological polar surface area (TPSA) is 75.5 Å². The molecule has 2 heterocycles. The summed E-state index contributed by atoms with van der Waals surface area (Å²) in [5.74, 6) is -0.384. The van der Waals surface area contributed by atoms with Gasteiger partial charge in [-0.15, -0.1) is 0 Å². The molecule has 2 aromatic rings. The predicted molar refractivity (Wildman–Crippen MR) is 113 cm³/mol. The zero-order chi connectivity index (χ0) is 21.2. The van der Waals surface area contributed by atoms with Gasteiger partial charge < -0.3 is 4.90 Å². The molecule has 158 valence electrons. The van der Waals surface area contributed by atoms with Crippen molar-refractivity contribution in [1.82, 2.24) is 19.0 Å². The summed E-state index contributed by atoms with van der Waals surface area (Å²) in [6.45, 7) is 3.87. The average Bonchev–Trinajstić information content (AvgIpc) is 3.15. The Morgan fingerprint density at radius 1 is 1.17 bits per heavy atom. The number of carbonyl (C=O) groups excluding carboxylic acids is 1. The van der Waals surface area contributed by atoms with E-state index >= 15 is 0 Å². The minimum absolute atomic E-state index is 0.0174. The second-order valence-corrected chi connectivity index (χ2v) is 9.75. The molecule has 29 heavy (non-hydrogen) atoms. The van der Waals surface area contributed by atoms with E-state index < -0.39 is 10.0 Å². The Labute approximate surface area is 181 Å². The summed E-state index contributed by atoms with van der Waals surface area (Å²) < 4.78 is 29.3. The molecule has 1 aromatic heterocycles. The number of amides is 1. The third kappa shape index (κ3) is 4.60. The molecule has 0 atom stereocenters. The van der Waals surface area contributed by atoms with Gasteiger partial charge in [0.2, 0.25) is 10.0 Å². The highest BCUT2D eigenvalue weighted by Crippen LogP contribution is 2.32. The number of nitrogens with zero attached hydrogens (tertiary/aromatic N) is 4. The maximum absolute atomic E-state index is 13.1. The van der Waals surface area contributed by atoms with E-state index in [1.165, 1.54) is 21.3 Å². The van der Waals surface area contributed by atoms with Crippen LogP contribution in [0.2, 0.25) is 10.0 Å². The van der Waals surface area contributed by atoms with Gasteiger partial charge in [-0.3, -0.25) is 9.48 Å². The van der Waals surface area contributed by atoms with Gasteiger partial charge in [0.1, 0.15) is 4.90 Å². The van der Waals surface area contributed by atoms with E-state index in [1.807, 2.05) is 13.0 Å². The van der Waals surface area contributed by atoms with Gasteiger partial charge in [0.25, 0.3) is 5.91 Å². The van der Waals surface area contributed by atoms with Crippen LogP contribution >= 0.6 is 23.2 Å². The number of piperidine rings is 1. The minimum Gasteiger partial charge on any atom is -0.336 e. The average molecular weight is 459 g/mol. The number of halogens is 2. The lowest BCUT2D eigenvalue weighted by molar-refractivity contribution is 0.0781. The first-order chi connectivity index (χ1) is 13.8. The lowest BCUT2D eigenvalue weighted by atomic mass is 10.2. The highest BCUT2D eigenvalue weighted by atomic mass is 35.5. The van der Waals surface area contributed by atoms with Crippen LogP contribution in [0.3, 0.4) is 0 Å². The molecule has 1 aliphatic rings. The number of hydrogen-bond acceptors (Lipinski definition) is 4. The number of sulfonamides is 1. The molecular formula is C19H24Cl2N4O3S. The number of aryl methyl sites for hydroxylation is 1. The van der Waals surface area contributed by atoms with Crippen molar-refractivity contribution in [2.24, 2.45) is 0 Å². The van der Waals surface area contributed by atoms with Gasteiger partial charge in [-0.1, -0.05) is 29.6 Å². The van der Waals surface area contributed by atoms with Gasteiger partial charge in [0, 0.05) is 32.9 Å². The second-order valence-electron chi connectivity index (χ2n) is 7.03. The normalized spacial score (nSPS) is 15.4. The Morgan fingerprint density at radius 2 is 1.86 bits per heavy atom. The van der Waals surface area contributed by atoms with Crippen LogP contribution < -0.4 is 0 Å². The zero-order valence-corrected chi connectivity index (χ0v) is 18.8. The maximum atomic E-state index is 13.1. The van der Waals surface area contributed by atoms with Crippen molar-refractivity contribution in [3.05, 3.63) is 45.7 Å². The van der Waals surface area contributed by atoms with E-state index in [-0.39, 0.29) is 26.4 Å². The Kier molecular flexibility index (Phi) is 6.88. The fraction of sp³-hybridized carbons (Fsp3) is 0.474. The first-order valence-corrected chi connectivity index (χ1v) is 11.7. The van der Waals surface area contributed by atoms with Crippen LogP contribution in [-0.2, 0) is 23.1 Å². The van der Waals surface area contributed by atoms with Crippen molar-refractivity contribution >= 4 is 39.1 Å². The van der Waals surface area contributed by atoms with Crippen LogP contribution in [0, 0.1) is 0 Å². The molecule has 3 rings (SSSR count). The molecule has 1 aliphatic heterocycles. The second kappa shape index (κ2) is 9.04. The Hall–Kier alpha value is -1.61. The van der Waals surface area contributed by atoms with Crippen molar-refractivity contribution in [1.29, 1.82) is 0 Å². The molecule has 0 spiro atoms. The van der Waals surface area contributed by atoms with E-state index in [0.717, 1.165) is 25.0 Å². The third-order valence-electron chi connectivity index (χ3n) is 5.03. The van der Waals surface area contributed by atoms with Crippen molar-refractivity contribution in [3.63, 3.8) is 0 Å². The first-order valence-electron chi connectivity index (χ1n) is 9.51. The summed E-state index contributed by atoms with van der Waals surface area (Å²) in [5, 5.41) is 4.33. The van der Waals surface area contributed by atoms with E-state index in [0.29, 0.717) is 26.2 Å². The van der Waals surface area contributed by atoms with Crippen LogP contribution in [0.1, 0.15) is 42.2 Å². The molecule has 7 nitrogen and oxygen atoms in total. The van der Waals surface area contributed by atoms with Crippen LogP contribution in [0.15, 0.2) is 29.3 Å². The fourth-order valence-corrected chi connectivity index (χ4v) is 5.78. The SMILES string of the molecule is CCn1nccc1CN(C)C(=O)c1cc(S(=O)(=O)N2CCCCC2)c(Cl)cc1Cl. The molecule has 0 aliphatic carbocycles. The van der Waals surface area contributed by atoms with E-state index in [9.17, 15) is 13.2 Å². The number of hydrogen-bond donors (Lipinski definition) is 0. The van der Waals surface area contributed by atoms with Gasteiger partial charge in [0.05, 0.1) is 27.8 Å². The summed E-state index contributed by atoms with van der Waals surface area (Å²) in [4.78, 5) is 14.4. The quantitative estimate of drug-likeness (QED) is 0.661. The van der Waals surface area contributed by atoms with Gasteiger partial charge in [-0.2, -0.15) is 9.40 Å². The summed E-state index contributed by atoms with van der Waals surface area (Å²) in [6.07, 6.45) is 4.30. The van der Waals surface area contributed by atoms with Crippen molar-refractivity contribution in [2.75, 3.05) is 20.1 Å². The molecule has 0 N–H and O–H groups in total. The van der Waals surface area contributed by atoms with Gasteiger partial charge >= 0.3 is 0 Å². The van der Waals surface area contributed by atoms with E-state index in [4.69, 9.17) is 23.2 Å². The smallest absolute Gasteiger partial charge is 0.255 e. The Bertz CT molecular complexity index is 1000. The van der Waals surface area contributed by atoms with Gasteiger partial charge in [-0.25, -0.2) is 8.42 Å². The van der Waals surface area contributed by atoms with Crippen molar-refractivity contribution < 1.29 is 13.2 Å². The van der Waals surface area contributed by atoms with Crippen LogP contribution in [0.5, 0.6) is 0 Å². The lowest BCUT2D eigenvalue weighted by Crippen LogP contribution is -2.36. The Morgan fingerprint density at radius 3 is 2.52 bits per heavy atom. The number of carbonyl (C=O) groups is 1. The molecular weight excluding hydrogens is 435 g/mol. The molecule has 0 unspecified atom stereocenters. The zero-order valence-electron chi connectivity index (χ0n) is 16.4. The predicted octanol–water partition coefficient (Wildman–Crippen LogP) is 3.66. The number of aromatic nitrogens is 2.